The second-order valence-electron chi connectivity index (χ2n) is 7.37. The third-order valence-electron chi connectivity index (χ3n) is 5.28. The van der Waals surface area contributed by atoms with Crippen molar-refractivity contribution >= 4 is 23.3 Å². The Kier molecular flexibility index (Phi) is 6.76. The van der Waals surface area contributed by atoms with Gasteiger partial charge in [0.05, 0.1) is 16.2 Å². The monoisotopic (exact) mass is 377 g/mol. The van der Waals surface area contributed by atoms with Crippen molar-refractivity contribution in [3.8, 4) is 0 Å². The van der Waals surface area contributed by atoms with Gasteiger partial charge in [0, 0.05) is 32.3 Å². The van der Waals surface area contributed by atoms with Crippen molar-refractivity contribution in [2.45, 2.75) is 39.2 Å². The molecule has 1 aliphatic carbocycles. The van der Waals surface area contributed by atoms with Crippen molar-refractivity contribution in [3.05, 3.63) is 33.9 Å². The SMILES string of the molecule is C[C@H]1[C@@H](NC(=O)COC(=O)c2cc([N+](=O)[O-])ccc2N(C)C)CCC[C@@H]1C. The van der Waals surface area contributed by atoms with Gasteiger partial charge in [0.2, 0.25) is 0 Å². The summed E-state index contributed by atoms with van der Waals surface area (Å²) < 4.78 is 5.12. The number of hydrogen-bond acceptors (Lipinski definition) is 6. The lowest BCUT2D eigenvalue weighted by Gasteiger charge is -2.34. The number of esters is 1. The molecule has 1 aliphatic rings. The van der Waals surface area contributed by atoms with E-state index in [1.54, 1.807) is 19.0 Å². The Morgan fingerprint density at radius 3 is 2.63 bits per heavy atom. The Hall–Kier alpha value is -2.64. The quantitative estimate of drug-likeness (QED) is 0.465. The fourth-order valence-electron chi connectivity index (χ4n) is 3.43. The largest absolute Gasteiger partial charge is 0.452 e. The fraction of sp³-hybridized carbons (Fsp3) is 0.579. The van der Waals surface area contributed by atoms with Gasteiger partial charge in [0.1, 0.15) is 0 Å². The Bertz CT molecular complexity index is 719. The van der Waals surface area contributed by atoms with E-state index in [0.29, 0.717) is 17.5 Å². The van der Waals surface area contributed by atoms with E-state index in [4.69, 9.17) is 4.74 Å². The summed E-state index contributed by atoms with van der Waals surface area (Å²) in [5, 5.41) is 13.9. The van der Waals surface area contributed by atoms with Gasteiger partial charge in [0.25, 0.3) is 11.6 Å². The Morgan fingerprint density at radius 2 is 2.00 bits per heavy atom. The smallest absolute Gasteiger partial charge is 0.341 e. The lowest BCUT2D eigenvalue weighted by molar-refractivity contribution is -0.384. The van der Waals surface area contributed by atoms with Gasteiger partial charge in [-0.3, -0.25) is 14.9 Å². The van der Waals surface area contributed by atoms with Crippen molar-refractivity contribution in [2.24, 2.45) is 11.8 Å². The number of nitrogens with zero attached hydrogens (tertiary/aromatic N) is 2. The number of rotatable bonds is 6. The van der Waals surface area contributed by atoms with Crippen LogP contribution in [0.25, 0.3) is 0 Å². The van der Waals surface area contributed by atoms with Crippen LogP contribution in [0.2, 0.25) is 0 Å². The molecule has 0 aromatic heterocycles. The molecular weight excluding hydrogens is 350 g/mol. The first-order valence-electron chi connectivity index (χ1n) is 9.13. The van der Waals surface area contributed by atoms with Crippen molar-refractivity contribution < 1.29 is 19.2 Å². The molecule has 1 aromatic carbocycles. The first-order chi connectivity index (χ1) is 12.7. The van der Waals surface area contributed by atoms with E-state index in [0.717, 1.165) is 19.3 Å². The van der Waals surface area contributed by atoms with Crippen molar-refractivity contribution in [1.82, 2.24) is 5.32 Å². The third kappa shape index (κ3) is 5.18. The minimum Gasteiger partial charge on any atom is -0.452 e. The van der Waals surface area contributed by atoms with Gasteiger partial charge in [-0.15, -0.1) is 0 Å². The van der Waals surface area contributed by atoms with Crippen LogP contribution in [0.5, 0.6) is 0 Å². The number of carbonyl (C=O) groups is 2. The molecule has 1 N–H and O–H groups in total. The van der Waals surface area contributed by atoms with E-state index in [1.165, 1.54) is 18.2 Å². The Morgan fingerprint density at radius 1 is 1.30 bits per heavy atom. The van der Waals surface area contributed by atoms with Crippen LogP contribution in [0.15, 0.2) is 18.2 Å². The topological polar surface area (TPSA) is 102 Å². The molecule has 8 nitrogen and oxygen atoms in total. The number of nitro groups is 1. The molecule has 1 fully saturated rings. The second kappa shape index (κ2) is 8.83. The molecule has 27 heavy (non-hydrogen) atoms. The molecule has 1 aromatic rings. The second-order valence-corrected chi connectivity index (χ2v) is 7.37. The van der Waals surface area contributed by atoms with Gasteiger partial charge in [0.15, 0.2) is 6.61 Å². The van der Waals surface area contributed by atoms with Crippen LogP contribution in [-0.2, 0) is 9.53 Å². The normalized spacial score (nSPS) is 22.0. The molecule has 0 heterocycles. The molecule has 148 valence electrons. The first-order valence-corrected chi connectivity index (χ1v) is 9.13. The maximum Gasteiger partial charge on any atom is 0.341 e. The highest BCUT2D eigenvalue weighted by atomic mass is 16.6. The standard InChI is InChI=1S/C19H27N3O5/c1-12-6-5-7-16(13(12)2)20-18(23)11-27-19(24)15-10-14(22(25)26)8-9-17(15)21(3)4/h8-10,12-13,16H,5-7,11H2,1-4H3,(H,20,23)/t12-,13+,16-/m0/s1. The van der Waals surface area contributed by atoms with E-state index in [-0.39, 0.29) is 23.2 Å². The first kappa shape index (κ1) is 20.7. The summed E-state index contributed by atoms with van der Waals surface area (Å²) >= 11 is 0. The maximum absolute atomic E-state index is 12.4. The van der Waals surface area contributed by atoms with Crippen molar-refractivity contribution in [2.75, 3.05) is 25.6 Å². The molecule has 0 unspecified atom stereocenters. The average molecular weight is 377 g/mol. The van der Waals surface area contributed by atoms with Crippen LogP contribution in [0, 0.1) is 22.0 Å². The summed E-state index contributed by atoms with van der Waals surface area (Å²) in [5.41, 5.74) is 0.337. The van der Waals surface area contributed by atoms with Gasteiger partial charge in [-0.2, -0.15) is 0 Å². The number of ether oxygens (including phenoxy) is 1. The zero-order valence-electron chi connectivity index (χ0n) is 16.2. The van der Waals surface area contributed by atoms with Crippen LogP contribution in [0.3, 0.4) is 0 Å². The summed E-state index contributed by atoms with van der Waals surface area (Å²) in [5.74, 6) is -0.205. The molecule has 0 bridgehead atoms. The molecule has 2 rings (SSSR count). The summed E-state index contributed by atoms with van der Waals surface area (Å²) in [6.07, 6.45) is 3.14. The highest BCUT2D eigenvalue weighted by Crippen LogP contribution is 2.29. The Balaban J connectivity index is 2.01. The highest BCUT2D eigenvalue weighted by molar-refractivity contribution is 5.97. The summed E-state index contributed by atoms with van der Waals surface area (Å²) in [7, 11) is 3.44. The molecule has 0 saturated heterocycles. The summed E-state index contributed by atoms with van der Waals surface area (Å²) in [4.78, 5) is 36.7. The van der Waals surface area contributed by atoms with Gasteiger partial charge in [-0.1, -0.05) is 26.7 Å². The number of nitro benzene ring substituents is 1. The third-order valence-corrected chi connectivity index (χ3v) is 5.28. The van der Waals surface area contributed by atoms with E-state index >= 15 is 0 Å². The number of benzene rings is 1. The number of non-ortho nitro benzene ring substituents is 1. The molecule has 1 saturated carbocycles. The summed E-state index contributed by atoms with van der Waals surface area (Å²) in [6, 6.07) is 4.06. The van der Waals surface area contributed by atoms with E-state index < -0.39 is 17.5 Å². The lowest BCUT2D eigenvalue weighted by Crippen LogP contribution is -2.45. The van der Waals surface area contributed by atoms with Gasteiger partial charge >= 0.3 is 5.97 Å². The van der Waals surface area contributed by atoms with Crippen LogP contribution < -0.4 is 10.2 Å². The number of carbonyl (C=O) groups excluding carboxylic acids is 2. The molecule has 0 radical (unpaired) electrons. The Labute approximate surface area is 159 Å². The molecular formula is C19H27N3O5. The van der Waals surface area contributed by atoms with Crippen LogP contribution in [0.4, 0.5) is 11.4 Å². The van der Waals surface area contributed by atoms with E-state index in [2.05, 4.69) is 19.2 Å². The molecule has 1 amide bonds. The van der Waals surface area contributed by atoms with Crippen molar-refractivity contribution in [3.63, 3.8) is 0 Å². The zero-order valence-corrected chi connectivity index (χ0v) is 16.2. The lowest BCUT2D eigenvalue weighted by atomic mass is 9.78. The zero-order chi connectivity index (χ0) is 20.1. The fourth-order valence-corrected chi connectivity index (χ4v) is 3.43. The van der Waals surface area contributed by atoms with E-state index in [9.17, 15) is 19.7 Å². The van der Waals surface area contributed by atoms with Crippen LogP contribution >= 0.6 is 0 Å². The van der Waals surface area contributed by atoms with Crippen molar-refractivity contribution in [1.29, 1.82) is 0 Å². The molecule has 0 aliphatic heterocycles. The minimum absolute atomic E-state index is 0.0571. The highest BCUT2D eigenvalue weighted by Gasteiger charge is 2.28. The molecule has 3 atom stereocenters. The van der Waals surface area contributed by atoms with Crippen LogP contribution in [-0.4, -0.2) is 43.5 Å². The van der Waals surface area contributed by atoms with Crippen LogP contribution in [0.1, 0.15) is 43.5 Å². The van der Waals surface area contributed by atoms with Gasteiger partial charge in [-0.25, -0.2) is 4.79 Å². The predicted molar refractivity (Wildman–Crippen MR) is 102 cm³/mol. The molecule has 0 spiro atoms. The number of amides is 1. The predicted octanol–water partition coefficient (Wildman–Crippen LogP) is 2.76. The van der Waals surface area contributed by atoms with Gasteiger partial charge < -0.3 is 15.0 Å². The minimum atomic E-state index is -0.761. The number of nitrogens with one attached hydrogen (secondary N) is 1. The number of hydrogen-bond donors (Lipinski definition) is 1. The van der Waals surface area contributed by atoms with Gasteiger partial charge in [-0.05, 0) is 24.3 Å². The summed E-state index contributed by atoms with van der Waals surface area (Å²) in [6.45, 7) is 3.88. The average Bonchev–Trinajstić information content (AvgIpc) is 2.62. The molecule has 8 heteroatoms. The maximum atomic E-state index is 12.4. The number of anilines is 1. The van der Waals surface area contributed by atoms with E-state index in [1.807, 2.05) is 0 Å².